The number of phosphoric ester groups is 1. The molecular formula is C15H25N5O16P3+. The van der Waals surface area contributed by atoms with E-state index >= 15 is 0 Å². The fourth-order valence-corrected chi connectivity index (χ4v) is 7.51. The number of nitrogen functional groups attached to an aromatic ring is 1. The number of rotatable bonds is 11. The minimum absolute atomic E-state index is 0.0344. The smallest absolute Gasteiger partial charge is 0.396 e. The quantitative estimate of drug-likeness (QED) is 0.0883. The molecule has 0 bridgehead atoms. The van der Waals surface area contributed by atoms with Crippen LogP contribution >= 0.6 is 23.5 Å². The van der Waals surface area contributed by atoms with E-state index in [1.807, 2.05) is 0 Å². The Hall–Kier alpha value is -1.32. The highest BCUT2D eigenvalue weighted by Gasteiger charge is 2.67. The van der Waals surface area contributed by atoms with Gasteiger partial charge in [0.2, 0.25) is 18.8 Å². The Morgan fingerprint density at radius 3 is 2.21 bits per heavy atom. The Labute approximate surface area is 218 Å². The third kappa shape index (κ3) is 5.87. The molecular weight excluding hydrogens is 599 g/mol. The first-order chi connectivity index (χ1) is 18.0. The van der Waals surface area contributed by atoms with Crippen molar-refractivity contribution in [3.05, 3.63) is 6.33 Å². The van der Waals surface area contributed by atoms with E-state index in [2.05, 4.69) is 28.1 Å². The molecule has 24 heteroatoms. The molecule has 10 atom stereocenters. The number of anilines is 1. The van der Waals surface area contributed by atoms with Crippen LogP contribution < -0.4 is 10.2 Å². The largest absolute Gasteiger partial charge is 0.490 e. The van der Waals surface area contributed by atoms with Gasteiger partial charge in [-0.1, -0.05) is 0 Å². The summed E-state index contributed by atoms with van der Waals surface area (Å²) in [5, 5.41) is 41.1. The van der Waals surface area contributed by atoms with Gasteiger partial charge in [0, 0.05) is 0 Å². The average molecular weight is 624 g/mol. The SMILES string of the molecule is Nc1ncnc2c1N=C[N+]2(C1OC(CO)C1CO)[C@@H]1O[C@H](COP(=O)(O)OP(=O)(O)OP(=O)(O)O)[C@@H](O)[C@H]1O. The second-order valence-corrected chi connectivity index (χ2v) is 13.0. The zero-order chi connectivity index (χ0) is 29.0. The Bertz CT molecular complexity index is 1270. The number of quaternary nitrogens is 1. The summed E-state index contributed by atoms with van der Waals surface area (Å²) >= 11 is 0. The molecule has 1 aromatic heterocycles. The maximum atomic E-state index is 12.1. The Kier molecular flexibility index (Phi) is 8.50. The molecule has 39 heavy (non-hydrogen) atoms. The van der Waals surface area contributed by atoms with Crippen molar-refractivity contribution in [2.24, 2.45) is 10.9 Å². The van der Waals surface area contributed by atoms with Gasteiger partial charge in [0.25, 0.3) is 5.82 Å². The van der Waals surface area contributed by atoms with Crippen molar-refractivity contribution < 1.29 is 76.3 Å². The van der Waals surface area contributed by atoms with Crippen LogP contribution in [0.5, 0.6) is 0 Å². The number of phosphoric acid groups is 3. The minimum Gasteiger partial charge on any atom is -0.396 e. The molecule has 220 valence electrons. The fourth-order valence-electron chi connectivity index (χ4n) is 4.48. The van der Waals surface area contributed by atoms with Crippen LogP contribution in [0.4, 0.5) is 17.3 Å². The third-order valence-electron chi connectivity index (χ3n) is 6.12. The number of aliphatic imine (C=N–C) groups is 1. The number of hydrogen-bond donors (Lipinski definition) is 9. The summed E-state index contributed by atoms with van der Waals surface area (Å²) in [7, 11) is -17.0. The number of fused-ring (bicyclic) bond motifs is 1. The third-order valence-corrected chi connectivity index (χ3v) is 9.92. The highest BCUT2D eigenvalue weighted by atomic mass is 31.3. The van der Waals surface area contributed by atoms with Crippen LogP contribution in [-0.4, -0.2) is 113 Å². The summed E-state index contributed by atoms with van der Waals surface area (Å²) in [6.07, 6.45) is -6.40. The van der Waals surface area contributed by atoms with Gasteiger partial charge in [-0.3, -0.25) is 4.52 Å². The second kappa shape index (κ2) is 10.8. The number of aliphatic hydroxyl groups is 4. The summed E-state index contributed by atoms with van der Waals surface area (Å²) in [6, 6.07) is 0. The Morgan fingerprint density at radius 1 is 0.923 bits per heavy atom. The van der Waals surface area contributed by atoms with Gasteiger partial charge < -0.3 is 55.2 Å². The van der Waals surface area contributed by atoms with Crippen LogP contribution in [0.15, 0.2) is 11.3 Å². The Morgan fingerprint density at radius 2 is 1.59 bits per heavy atom. The van der Waals surface area contributed by atoms with Crippen LogP contribution in [0.25, 0.3) is 0 Å². The van der Waals surface area contributed by atoms with Crippen LogP contribution in [0.1, 0.15) is 0 Å². The lowest BCUT2D eigenvalue weighted by Gasteiger charge is -2.51. The molecule has 2 saturated heterocycles. The predicted octanol–water partition coefficient (Wildman–Crippen LogP) is -2.84. The zero-order valence-corrected chi connectivity index (χ0v) is 22.1. The van der Waals surface area contributed by atoms with Gasteiger partial charge in [-0.2, -0.15) is 23.1 Å². The van der Waals surface area contributed by atoms with Gasteiger partial charge in [-0.25, -0.2) is 18.7 Å². The summed E-state index contributed by atoms with van der Waals surface area (Å²) in [5.41, 5.74) is 5.95. The number of ether oxygens (including phenoxy) is 2. The lowest BCUT2D eigenvalue weighted by atomic mass is 9.92. The van der Waals surface area contributed by atoms with Crippen molar-refractivity contribution in [3.63, 3.8) is 0 Å². The molecule has 3 aliphatic rings. The fraction of sp³-hybridized carbons (Fsp3) is 0.667. The van der Waals surface area contributed by atoms with Gasteiger partial charge in [0.1, 0.15) is 24.6 Å². The lowest BCUT2D eigenvalue weighted by Crippen LogP contribution is -2.74. The first-order valence-electron chi connectivity index (χ1n) is 10.8. The van der Waals surface area contributed by atoms with E-state index in [0.29, 0.717) is 0 Å². The monoisotopic (exact) mass is 624 g/mol. The molecule has 10 N–H and O–H groups in total. The van der Waals surface area contributed by atoms with Crippen molar-refractivity contribution in [1.29, 1.82) is 0 Å². The van der Waals surface area contributed by atoms with Crippen molar-refractivity contribution >= 4 is 47.1 Å². The summed E-state index contributed by atoms with van der Waals surface area (Å²) < 4.78 is 57.0. The highest BCUT2D eigenvalue weighted by molar-refractivity contribution is 7.66. The van der Waals surface area contributed by atoms with E-state index in [-0.39, 0.29) is 17.3 Å². The molecule has 0 spiro atoms. The van der Waals surface area contributed by atoms with Gasteiger partial charge in [0.05, 0.1) is 25.7 Å². The first-order valence-corrected chi connectivity index (χ1v) is 15.3. The maximum absolute atomic E-state index is 12.1. The summed E-state index contributed by atoms with van der Waals surface area (Å²) in [6.45, 7) is -2.01. The topological polar surface area (TPSA) is 323 Å². The summed E-state index contributed by atoms with van der Waals surface area (Å²) in [4.78, 5) is 48.4. The molecule has 0 aromatic carbocycles. The molecule has 0 amide bonds. The standard InChI is InChI=1S/C15H24N5O16P3/c16-12-9-13(18-4-17-12)20(5-19-9,14-6(1-21)7(2-22)33-14)15-11(24)10(23)8(34-15)3-32-38(28,29)36-39(30,31)35-37(25,26)27/h4-8,10-11,14-15,21-24H,1-3H2,(H5-,16,17,18,25,26,27,28,29,30,31)/p+1/t6?,7?,8-,10-,11-,14?,15-,20?/m1/s1. The van der Waals surface area contributed by atoms with Gasteiger partial charge in [0.15, 0.2) is 17.6 Å². The molecule has 0 aliphatic carbocycles. The van der Waals surface area contributed by atoms with Crippen molar-refractivity contribution in [2.75, 3.05) is 25.6 Å². The molecule has 4 heterocycles. The minimum atomic E-state index is -5.80. The second-order valence-electron chi connectivity index (χ2n) is 8.54. The summed E-state index contributed by atoms with van der Waals surface area (Å²) in [5.74, 6) is -0.773. The molecule has 0 saturated carbocycles. The van der Waals surface area contributed by atoms with Crippen LogP contribution in [-0.2, 0) is 36.3 Å². The number of aromatic nitrogens is 2. The predicted molar refractivity (Wildman–Crippen MR) is 123 cm³/mol. The zero-order valence-electron chi connectivity index (χ0n) is 19.4. The number of nitrogens with zero attached hydrogens (tertiary/aromatic N) is 4. The van der Waals surface area contributed by atoms with Crippen LogP contribution in [0.2, 0.25) is 0 Å². The number of hydrogen-bond acceptors (Lipinski definition) is 16. The van der Waals surface area contributed by atoms with Crippen molar-refractivity contribution in [3.8, 4) is 0 Å². The lowest BCUT2D eigenvalue weighted by molar-refractivity contribution is -0.272. The Balaban J connectivity index is 1.58. The van der Waals surface area contributed by atoms with Crippen molar-refractivity contribution in [2.45, 2.75) is 36.9 Å². The van der Waals surface area contributed by atoms with E-state index in [1.165, 1.54) is 6.34 Å². The molecule has 6 unspecified atom stereocenters. The molecule has 3 aliphatic heterocycles. The normalized spacial score (nSPS) is 37.2. The molecule has 2 fully saturated rings. The van der Waals surface area contributed by atoms with E-state index in [9.17, 15) is 43.9 Å². The number of aliphatic hydroxyl groups excluding tert-OH is 4. The van der Waals surface area contributed by atoms with Gasteiger partial charge >= 0.3 is 23.5 Å². The van der Waals surface area contributed by atoms with Gasteiger partial charge in [-0.15, -0.1) is 0 Å². The van der Waals surface area contributed by atoms with Gasteiger partial charge in [-0.05, 0) is 0 Å². The molecule has 21 nitrogen and oxygen atoms in total. The first kappa shape index (κ1) is 30.6. The van der Waals surface area contributed by atoms with Crippen LogP contribution in [0.3, 0.4) is 0 Å². The molecule has 1 aromatic rings. The van der Waals surface area contributed by atoms with E-state index in [4.69, 9.17) is 25.0 Å². The van der Waals surface area contributed by atoms with E-state index in [1.54, 1.807) is 0 Å². The van der Waals surface area contributed by atoms with E-state index < -0.39 is 90.6 Å². The van der Waals surface area contributed by atoms with E-state index in [0.717, 1.165) is 6.33 Å². The maximum Gasteiger partial charge on any atom is 0.490 e. The van der Waals surface area contributed by atoms with Crippen molar-refractivity contribution in [1.82, 2.24) is 14.5 Å². The molecule has 4 rings (SSSR count). The molecule has 0 radical (unpaired) electrons. The highest BCUT2D eigenvalue weighted by Crippen LogP contribution is 2.66. The van der Waals surface area contributed by atoms with Crippen LogP contribution in [0, 0.1) is 5.92 Å². The average Bonchev–Trinajstić information content (AvgIpc) is 3.30. The number of nitrogens with two attached hydrogens (primary N) is 1.